The Balaban J connectivity index is 2.00. The van der Waals surface area contributed by atoms with E-state index in [-0.39, 0.29) is 17.4 Å². The molecule has 1 aromatic heterocycles. The highest BCUT2D eigenvalue weighted by atomic mass is 16.5. The summed E-state index contributed by atoms with van der Waals surface area (Å²) in [6, 6.07) is 3.99. The first kappa shape index (κ1) is 10.2. The maximum atomic E-state index is 9.64. The number of pyridine rings is 1. The van der Waals surface area contributed by atoms with Crippen molar-refractivity contribution >= 4 is 0 Å². The maximum absolute atomic E-state index is 9.64. The molecule has 0 spiro atoms. The summed E-state index contributed by atoms with van der Waals surface area (Å²) in [5, 5.41) is 9.64. The van der Waals surface area contributed by atoms with Gasteiger partial charge < -0.3 is 14.6 Å². The predicted octanol–water partition coefficient (Wildman–Crippen LogP) is 0.358. The van der Waals surface area contributed by atoms with Crippen LogP contribution in [-0.2, 0) is 14.9 Å². The van der Waals surface area contributed by atoms with E-state index >= 15 is 0 Å². The molecule has 3 rings (SSSR count). The van der Waals surface area contributed by atoms with Crippen molar-refractivity contribution in [3.05, 3.63) is 30.1 Å². The number of aromatic nitrogens is 1. The average Bonchev–Trinajstić information content (AvgIpc) is 2.22. The zero-order valence-electron chi connectivity index (χ0n) is 9.06. The summed E-state index contributed by atoms with van der Waals surface area (Å²) in [5.41, 5.74) is 0.876. The van der Waals surface area contributed by atoms with Crippen molar-refractivity contribution in [2.75, 3.05) is 33.0 Å². The van der Waals surface area contributed by atoms with Gasteiger partial charge in [0.2, 0.25) is 0 Å². The summed E-state index contributed by atoms with van der Waals surface area (Å²) in [6.07, 6.45) is 3.64. The zero-order valence-corrected chi connectivity index (χ0v) is 9.06. The van der Waals surface area contributed by atoms with E-state index in [0.29, 0.717) is 26.4 Å². The monoisotopic (exact) mass is 221 g/mol. The van der Waals surface area contributed by atoms with Crippen molar-refractivity contribution in [1.29, 1.82) is 0 Å². The third kappa shape index (κ3) is 1.12. The molecule has 2 saturated heterocycles. The van der Waals surface area contributed by atoms with Crippen LogP contribution in [0.1, 0.15) is 5.56 Å². The third-order valence-corrected chi connectivity index (χ3v) is 3.99. The maximum Gasteiger partial charge on any atom is 0.0594 e. The van der Waals surface area contributed by atoms with E-state index in [1.807, 2.05) is 12.3 Å². The van der Waals surface area contributed by atoms with Gasteiger partial charge in [-0.05, 0) is 11.6 Å². The normalized spacial score (nSPS) is 25.6. The second kappa shape index (κ2) is 3.52. The highest BCUT2D eigenvalue weighted by Crippen LogP contribution is 2.51. The Labute approximate surface area is 94.2 Å². The SMILES string of the molecule is OCC1(C2(c3cccnc3)COC2)COC1. The van der Waals surface area contributed by atoms with Crippen LogP contribution < -0.4 is 0 Å². The van der Waals surface area contributed by atoms with Crippen molar-refractivity contribution in [3.63, 3.8) is 0 Å². The summed E-state index contributed by atoms with van der Waals surface area (Å²) in [7, 11) is 0. The van der Waals surface area contributed by atoms with Crippen molar-refractivity contribution in [2.45, 2.75) is 5.41 Å². The lowest BCUT2D eigenvalue weighted by Gasteiger charge is -2.58. The van der Waals surface area contributed by atoms with E-state index in [2.05, 4.69) is 11.1 Å². The summed E-state index contributed by atoms with van der Waals surface area (Å²) < 4.78 is 10.7. The Morgan fingerprint density at radius 1 is 1.25 bits per heavy atom. The van der Waals surface area contributed by atoms with Crippen LogP contribution >= 0.6 is 0 Å². The van der Waals surface area contributed by atoms with Crippen LogP contribution in [0, 0.1) is 5.41 Å². The van der Waals surface area contributed by atoms with Gasteiger partial charge >= 0.3 is 0 Å². The third-order valence-electron chi connectivity index (χ3n) is 3.99. The van der Waals surface area contributed by atoms with Gasteiger partial charge in [-0.3, -0.25) is 4.98 Å². The Morgan fingerprint density at radius 3 is 2.38 bits per heavy atom. The topological polar surface area (TPSA) is 51.6 Å². The lowest BCUT2D eigenvalue weighted by molar-refractivity contribution is -0.242. The zero-order chi connectivity index (χ0) is 11.1. The standard InChI is InChI=1S/C12H15NO3/c14-5-11(6-15-7-11)12(8-16-9-12)10-2-1-3-13-4-10/h1-4,14H,5-9H2. The van der Waals surface area contributed by atoms with E-state index in [9.17, 15) is 5.11 Å². The first-order valence-electron chi connectivity index (χ1n) is 5.50. The molecule has 0 bridgehead atoms. The molecule has 3 heterocycles. The Kier molecular flexibility index (Phi) is 2.24. The Morgan fingerprint density at radius 2 is 2.00 bits per heavy atom. The van der Waals surface area contributed by atoms with Crippen LogP contribution in [0.25, 0.3) is 0 Å². The molecule has 2 fully saturated rings. The minimum Gasteiger partial charge on any atom is -0.396 e. The van der Waals surface area contributed by atoms with Gasteiger partial charge in [0, 0.05) is 12.4 Å². The average molecular weight is 221 g/mol. The van der Waals surface area contributed by atoms with E-state index in [4.69, 9.17) is 9.47 Å². The fourth-order valence-corrected chi connectivity index (χ4v) is 2.60. The molecule has 0 atom stereocenters. The number of aliphatic hydroxyl groups excluding tert-OH is 1. The van der Waals surface area contributed by atoms with Gasteiger partial charge in [0.1, 0.15) is 0 Å². The van der Waals surface area contributed by atoms with Gasteiger partial charge in [-0.25, -0.2) is 0 Å². The van der Waals surface area contributed by atoms with Gasteiger partial charge in [-0.15, -0.1) is 0 Å². The predicted molar refractivity (Wildman–Crippen MR) is 57.1 cm³/mol. The van der Waals surface area contributed by atoms with Crippen molar-refractivity contribution in [3.8, 4) is 0 Å². The molecule has 16 heavy (non-hydrogen) atoms. The van der Waals surface area contributed by atoms with Crippen LogP contribution in [0.4, 0.5) is 0 Å². The molecule has 4 nitrogen and oxygen atoms in total. The van der Waals surface area contributed by atoms with Gasteiger partial charge in [0.15, 0.2) is 0 Å². The summed E-state index contributed by atoms with van der Waals surface area (Å²) in [5.74, 6) is 0. The minimum atomic E-state index is -0.172. The highest BCUT2D eigenvalue weighted by Gasteiger charge is 2.60. The van der Waals surface area contributed by atoms with Crippen molar-refractivity contribution in [2.24, 2.45) is 5.41 Å². The molecule has 0 aromatic carbocycles. The molecule has 4 heteroatoms. The number of rotatable bonds is 3. The molecule has 1 aromatic rings. The Hall–Kier alpha value is -0.970. The number of hydrogen-bond acceptors (Lipinski definition) is 4. The van der Waals surface area contributed by atoms with Crippen LogP contribution in [0.15, 0.2) is 24.5 Å². The van der Waals surface area contributed by atoms with Gasteiger partial charge in [-0.1, -0.05) is 6.07 Å². The van der Waals surface area contributed by atoms with Crippen LogP contribution in [0.5, 0.6) is 0 Å². The lowest BCUT2D eigenvalue weighted by atomic mass is 9.58. The van der Waals surface area contributed by atoms with Gasteiger partial charge in [-0.2, -0.15) is 0 Å². The van der Waals surface area contributed by atoms with Crippen molar-refractivity contribution in [1.82, 2.24) is 4.98 Å². The smallest absolute Gasteiger partial charge is 0.0594 e. The number of hydrogen-bond donors (Lipinski definition) is 1. The lowest BCUT2D eigenvalue weighted by Crippen LogP contribution is -2.68. The van der Waals surface area contributed by atoms with E-state index < -0.39 is 0 Å². The Bertz CT molecular complexity index is 366. The van der Waals surface area contributed by atoms with Gasteiger partial charge in [0.05, 0.1) is 43.9 Å². The summed E-state index contributed by atoms with van der Waals surface area (Å²) >= 11 is 0. The first-order valence-corrected chi connectivity index (χ1v) is 5.50. The fourth-order valence-electron chi connectivity index (χ4n) is 2.60. The van der Waals surface area contributed by atoms with E-state index in [1.165, 1.54) is 0 Å². The highest BCUT2D eigenvalue weighted by molar-refractivity contribution is 5.31. The van der Waals surface area contributed by atoms with E-state index in [1.54, 1.807) is 6.20 Å². The molecule has 2 aliphatic heterocycles. The molecule has 86 valence electrons. The number of ether oxygens (including phenoxy) is 2. The van der Waals surface area contributed by atoms with Gasteiger partial charge in [0.25, 0.3) is 0 Å². The molecule has 0 amide bonds. The van der Waals surface area contributed by atoms with Crippen molar-refractivity contribution < 1.29 is 14.6 Å². The van der Waals surface area contributed by atoms with Crippen LogP contribution in [0.2, 0.25) is 0 Å². The molecule has 0 saturated carbocycles. The largest absolute Gasteiger partial charge is 0.396 e. The summed E-state index contributed by atoms with van der Waals surface area (Å²) in [4.78, 5) is 4.16. The van der Waals surface area contributed by atoms with Crippen LogP contribution in [0.3, 0.4) is 0 Å². The molecule has 1 N–H and O–H groups in total. The molecule has 0 aliphatic carbocycles. The second-order valence-electron chi connectivity index (χ2n) is 4.75. The number of nitrogens with zero attached hydrogens (tertiary/aromatic N) is 1. The number of aliphatic hydroxyl groups is 1. The molecular formula is C12H15NO3. The van der Waals surface area contributed by atoms with Crippen LogP contribution in [-0.4, -0.2) is 43.1 Å². The minimum absolute atomic E-state index is 0.103. The molecule has 0 radical (unpaired) electrons. The molecule has 2 aliphatic rings. The summed E-state index contributed by atoms with van der Waals surface area (Å²) in [6.45, 7) is 2.68. The fraction of sp³-hybridized carbons (Fsp3) is 0.583. The van der Waals surface area contributed by atoms with E-state index in [0.717, 1.165) is 5.56 Å². The molecular weight excluding hydrogens is 206 g/mol. The first-order chi connectivity index (χ1) is 7.83. The molecule has 0 unspecified atom stereocenters. The second-order valence-corrected chi connectivity index (χ2v) is 4.75. The quantitative estimate of drug-likeness (QED) is 0.800.